The zero-order chi connectivity index (χ0) is 13.8. The first kappa shape index (κ1) is 13.9. The van der Waals surface area contributed by atoms with Crippen molar-refractivity contribution >= 4 is 44.5 Å². The van der Waals surface area contributed by atoms with E-state index in [1.165, 1.54) is 4.88 Å². The summed E-state index contributed by atoms with van der Waals surface area (Å²) >= 11 is 5.14. The maximum Gasteiger partial charge on any atom is 0.248 e. The molecular weight excluding hydrogens is 326 g/mol. The topological polar surface area (TPSA) is 81.1 Å². The fraction of sp³-hybridized carbons (Fsp3) is 0.154. The molecule has 0 spiro atoms. The van der Waals surface area contributed by atoms with Crippen LogP contribution in [0.2, 0.25) is 0 Å². The lowest BCUT2D eigenvalue weighted by atomic mass is 10.1. The molecule has 1 aromatic carbocycles. The van der Waals surface area contributed by atoms with E-state index in [0.717, 1.165) is 22.4 Å². The summed E-state index contributed by atoms with van der Waals surface area (Å²) in [7, 11) is 0. The third-order valence-corrected chi connectivity index (χ3v) is 4.34. The zero-order valence-electron chi connectivity index (χ0n) is 10.2. The molecule has 1 heterocycles. The first-order valence-corrected chi connectivity index (χ1v) is 7.34. The highest BCUT2D eigenvalue weighted by Crippen LogP contribution is 2.23. The van der Waals surface area contributed by atoms with Crippen molar-refractivity contribution in [2.75, 3.05) is 17.6 Å². The summed E-state index contributed by atoms with van der Waals surface area (Å²) in [5, 5.41) is 3.22. The second-order valence-corrected chi connectivity index (χ2v) is 6.60. The summed E-state index contributed by atoms with van der Waals surface area (Å²) in [6, 6.07) is 9.10. The van der Waals surface area contributed by atoms with Gasteiger partial charge in [0.25, 0.3) is 0 Å². The molecule has 1 amide bonds. The molecule has 19 heavy (non-hydrogen) atoms. The number of thiophene rings is 1. The van der Waals surface area contributed by atoms with Gasteiger partial charge in [-0.2, -0.15) is 0 Å². The van der Waals surface area contributed by atoms with Crippen molar-refractivity contribution in [2.24, 2.45) is 5.73 Å². The predicted molar refractivity (Wildman–Crippen MR) is 83.6 cm³/mol. The number of carbonyl (C=O) groups is 1. The number of benzene rings is 1. The molecule has 0 unspecified atom stereocenters. The first-order chi connectivity index (χ1) is 9.06. The van der Waals surface area contributed by atoms with Crippen molar-refractivity contribution in [1.82, 2.24) is 0 Å². The number of anilines is 2. The Balaban J connectivity index is 1.99. The quantitative estimate of drug-likeness (QED) is 0.732. The molecule has 0 aliphatic heterocycles. The standard InChI is InChI=1S/C13H14BrN3OS/c14-12-4-2-9(19-12)5-6-17-11-7-8(13(16)18)1-3-10(11)15/h1-4,7,17H,5-6,15H2,(H2,16,18). The fourth-order valence-corrected chi connectivity index (χ4v) is 3.15. The van der Waals surface area contributed by atoms with Crippen LogP contribution in [0.5, 0.6) is 0 Å². The summed E-state index contributed by atoms with van der Waals surface area (Å²) in [6.45, 7) is 0.749. The van der Waals surface area contributed by atoms with E-state index in [4.69, 9.17) is 11.5 Å². The number of halogens is 1. The number of nitrogen functional groups attached to an aromatic ring is 1. The van der Waals surface area contributed by atoms with Gasteiger partial charge in [0.2, 0.25) is 5.91 Å². The number of nitrogens with two attached hydrogens (primary N) is 2. The molecule has 0 fully saturated rings. The molecule has 0 saturated carbocycles. The second kappa shape index (κ2) is 6.08. The van der Waals surface area contributed by atoms with E-state index in [9.17, 15) is 4.79 Å². The third-order valence-electron chi connectivity index (χ3n) is 2.65. The molecule has 0 saturated heterocycles. The predicted octanol–water partition coefficient (Wildman–Crippen LogP) is 2.85. The average Bonchev–Trinajstić information content (AvgIpc) is 2.77. The normalized spacial score (nSPS) is 10.4. The monoisotopic (exact) mass is 339 g/mol. The van der Waals surface area contributed by atoms with Crippen molar-refractivity contribution in [3.8, 4) is 0 Å². The number of carbonyl (C=O) groups excluding carboxylic acids is 1. The van der Waals surface area contributed by atoms with Gasteiger partial charge in [0.05, 0.1) is 15.2 Å². The molecule has 0 aliphatic rings. The van der Waals surface area contributed by atoms with Crippen LogP contribution in [0.4, 0.5) is 11.4 Å². The van der Waals surface area contributed by atoms with E-state index in [2.05, 4.69) is 27.3 Å². The minimum atomic E-state index is -0.453. The van der Waals surface area contributed by atoms with Crippen molar-refractivity contribution in [3.63, 3.8) is 0 Å². The number of hydrogen-bond donors (Lipinski definition) is 3. The smallest absolute Gasteiger partial charge is 0.248 e. The van der Waals surface area contributed by atoms with Crippen LogP contribution < -0.4 is 16.8 Å². The van der Waals surface area contributed by atoms with Gasteiger partial charge < -0.3 is 16.8 Å². The van der Waals surface area contributed by atoms with Gasteiger partial charge in [0.15, 0.2) is 0 Å². The molecule has 1 aromatic heterocycles. The highest BCUT2D eigenvalue weighted by Gasteiger charge is 2.05. The minimum absolute atomic E-state index is 0.453. The van der Waals surface area contributed by atoms with Crippen LogP contribution in [0, 0.1) is 0 Å². The summed E-state index contributed by atoms with van der Waals surface area (Å²) in [4.78, 5) is 12.4. The Hall–Kier alpha value is -1.53. The lowest BCUT2D eigenvalue weighted by Crippen LogP contribution is -2.13. The van der Waals surface area contributed by atoms with Gasteiger partial charge in [-0.15, -0.1) is 11.3 Å². The fourth-order valence-electron chi connectivity index (χ4n) is 1.67. The summed E-state index contributed by atoms with van der Waals surface area (Å²) in [5.41, 5.74) is 12.9. The lowest BCUT2D eigenvalue weighted by molar-refractivity contribution is 0.100. The lowest BCUT2D eigenvalue weighted by Gasteiger charge is -2.09. The molecule has 0 bridgehead atoms. The van der Waals surface area contributed by atoms with Crippen molar-refractivity contribution in [3.05, 3.63) is 44.6 Å². The second-order valence-electron chi connectivity index (χ2n) is 4.05. The first-order valence-electron chi connectivity index (χ1n) is 5.73. The van der Waals surface area contributed by atoms with E-state index in [1.807, 2.05) is 6.07 Å². The van der Waals surface area contributed by atoms with Crippen molar-refractivity contribution in [2.45, 2.75) is 6.42 Å². The highest BCUT2D eigenvalue weighted by molar-refractivity contribution is 9.11. The molecule has 100 valence electrons. The van der Waals surface area contributed by atoms with E-state index in [1.54, 1.807) is 29.5 Å². The molecule has 0 atom stereocenters. The van der Waals surface area contributed by atoms with Crippen LogP contribution in [-0.2, 0) is 6.42 Å². The van der Waals surface area contributed by atoms with Gasteiger partial charge in [0.1, 0.15) is 0 Å². The van der Waals surface area contributed by atoms with E-state index < -0.39 is 5.91 Å². The van der Waals surface area contributed by atoms with Crippen LogP contribution >= 0.6 is 27.3 Å². The van der Waals surface area contributed by atoms with Crippen LogP contribution in [0.3, 0.4) is 0 Å². The Morgan fingerprint density at radius 3 is 2.74 bits per heavy atom. The van der Waals surface area contributed by atoms with Crippen LogP contribution in [0.15, 0.2) is 34.1 Å². The largest absolute Gasteiger partial charge is 0.397 e. The molecule has 4 nitrogen and oxygen atoms in total. The number of primary amides is 1. The van der Waals surface area contributed by atoms with E-state index in [0.29, 0.717) is 11.3 Å². The van der Waals surface area contributed by atoms with Crippen LogP contribution in [0.25, 0.3) is 0 Å². The molecule has 2 rings (SSSR count). The molecule has 0 radical (unpaired) electrons. The molecule has 2 aromatic rings. The average molecular weight is 340 g/mol. The van der Waals surface area contributed by atoms with Gasteiger partial charge in [-0.25, -0.2) is 0 Å². The van der Waals surface area contributed by atoms with Gasteiger partial charge in [-0.05, 0) is 52.7 Å². The van der Waals surface area contributed by atoms with Gasteiger partial charge >= 0.3 is 0 Å². The molecule has 5 N–H and O–H groups in total. The van der Waals surface area contributed by atoms with Gasteiger partial charge in [-0.1, -0.05) is 0 Å². The summed E-state index contributed by atoms with van der Waals surface area (Å²) in [6.07, 6.45) is 0.899. The van der Waals surface area contributed by atoms with Crippen molar-refractivity contribution < 1.29 is 4.79 Å². The SMILES string of the molecule is NC(=O)c1ccc(N)c(NCCc2ccc(Br)s2)c1. The number of hydrogen-bond acceptors (Lipinski definition) is 4. The summed E-state index contributed by atoms with van der Waals surface area (Å²) in [5.74, 6) is -0.453. The highest BCUT2D eigenvalue weighted by atomic mass is 79.9. The number of amides is 1. The maximum absolute atomic E-state index is 11.1. The zero-order valence-corrected chi connectivity index (χ0v) is 12.6. The van der Waals surface area contributed by atoms with E-state index >= 15 is 0 Å². The van der Waals surface area contributed by atoms with Crippen LogP contribution in [-0.4, -0.2) is 12.5 Å². The Labute approximate surface area is 123 Å². The van der Waals surface area contributed by atoms with E-state index in [-0.39, 0.29) is 0 Å². The molecular formula is C13H14BrN3OS. The number of rotatable bonds is 5. The Bertz CT molecular complexity index is 597. The van der Waals surface area contributed by atoms with Crippen LogP contribution in [0.1, 0.15) is 15.2 Å². The Morgan fingerprint density at radius 1 is 1.32 bits per heavy atom. The molecule has 0 aliphatic carbocycles. The molecule has 6 heteroatoms. The van der Waals surface area contributed by atoms with Crippen molar-refractivity contribution in [1.29, 1.82) is 0 Å². The number of nitrogens with one attached hydrogen (secondary N) is 1. The summed E-state index contributed by atoms with van der Waals surface area (Å²) < 4.78 is 1.12. The van der Waals surface area contributed by atoms with Gasteiger partial charge in [-0.3, -0.25) is 4.79 Å². The third kappa shape index (κ3) is 3.71. The maximum atomic E-state index is 11.1. The Kier molecular flexibility index (Phi) is 4.44. The van der Waals surface area contributed by atoms with Gasteiger partial charge in [0, 0.05) is 17.0 Å². The Morgan fingerprint density at radius 2 is 2.11 bits per heavy atom. The minimum Gasteiger partial charge on any atom is -0.397 e.